The third kappa shape index (κ3) is 2.00. The smallest absolute Gasteiger partial charge is 0.242 e. The minimum absolute atomic E-state index is 0.0494. The van der Waals surface area contributed by atoms with Crippen LogP contribution in [0, 0.1) is 0 Å². The van der Waals surface area contributed by atoms with Crippen molar-refractivity contribution in [1.82, 2.24) is 15.5 Å². The van der Waals surface area contributed by atoms with Crippen molar-refractivity contribution in [3.8, 4) is 0 Å². The first-order valence-corrected chi connectivity index (χ1v) is 7.10. The molecule has 0 radical (unpaired) electrons. The Morgan fingerprint density at radius 2 is 1.89 bits per heavy atom. The van der Waals surface area contributed by atoms with Crippen molar-refractivity contribution in [2.24, 2.45) is 0 Å². The SMILES string of the molecule is O=C1NCCCN[C@H]2CCC[C@H]3CC[C@@H]1N3C2=O. The zero-order chi connectivity index (χ0) is 12.5. The van der Waals surface area contributed by atoms with Crippen LogP contribution in [-0.4, -0.2) is 47.9 Å². The molecule has 3 aliphatic heterocycles. The Morgan fingerprint density at radius 1 is 1.00 bits per heavy atom. The Labute approximate surface area is 107 Å². The Bertz CT molecular complexity index is 358. The first-order chi connectivity index (χ1) is 8.77. The summed E-state index contributed by atoms with van der Waals surface area (Å²) < 4.78 is 0. The van der Waals surface area contributed by atoms with E-state index in [0.717, 1.165) is 45.1 Å². The number of carbonyl (C=O) groups is 2. The van der Waals surface area contributed by atoms with Crippen molar-refractivity contribution in [2.75, 3.05) is 13.1 Å². The van der Waals surface area contributed by atoms with Gasteiger partial charge in [0, 0.05) is 12.6 Å². The van der Waals surface area contributed by atoms with Crippen molar-refractivity contribution in [3.05, 3.63) is 0 Å². The van der Waals surface area contributed by atoms with E-state index in [-0.39, 0.29) is 23.9 Å². The number of fused-ring (bicyclic) bond motifs is 1. The van der Waals surface area contributed by atoms with Gasteiger partial charge in [-0.15, -0.1) is 0 Å². The molecule has 5 nitrogen and oxygen atoms in total. The lowest BCUT2D eigenvalue weighted by Crippen LogP contribution is -2.55. The molecule has 2 bridgehead atoms. The summed E-state index contributed by atoms with van der Waals surface area (Å²) in [6.45, 7) is 1.52. The molecule has 3 saturated heterocycles. The van der Waals surface area contributed by atoms with Crippen LogP contribution in [-0.2, 0) is 9.59 Å². The monoisotopic (exact) mass is 251 g/mol. The van der Waals surface area contributed by atoms with Gasteiger partial charge >= 0.3 is 0 Å². The van der Waals surface area contributed by atoms with E-state index in [4.69, 9.17) is 0 Å². The molecule has 0 aromatic heterocycles. The fourth-order valence-corrected chi connectivity index (χ4v) is 3.50. The van der Waals surface area contributed by atoms with E-state index in [0.29, 0.717) is 12.6 Å². The second kappa shape index (κ2) is 4.88. The van der Waals surface area contributed by atoms with Crippen molar-refractivity contribution in [2.45, 2.75) is 56.7 Å². The summed E-state index contributed by atoms with van der Waals surface area (Å²) in [4.78, 5) is 26.6. The number of nitrogens with zero attached hydrogens (tertiary/aromatic N) is 1. The Kier molecular flexibility index (Phi) is 3.24. The molecule has 3 fully saturated rings. The molecule has 3 rings (SSSR count). The quantitative estimate of drug-likeness (QED) is 0.637. The highest BCUT2D eigenvalue weighted by Gasteiger charge is 2.44. The first-order valence-electron chi connectivity index (χ1n) is 7.10. The van der Waals surface area contributed by atoms with Crippen LogP contribution < -0.4 is 10.6 Å². The van der Waals surface area contributed by atoms with E-state index < -0.39 is 0 Å². The highest BCUT2D eigenvalue weighted by molar-refractivity contribution is 5.91. The van der Waals surface area contributed by atoms with Crippen molar-refractivity contribution >= 4 is 11.8 Å². The lowest BCUT2D eigenvalue weighted by Gasteiger charge is -2.31. The molecule has 18 heavy (non-hydrogen) atoms. The normalized spacial score (nSPS) is 37.1. The average Bonchev–Trinajstić information content (AvgIpc) is 2.73. The summed E-state index contributed by atoms with van der Waals surface area (Å²) in [6, 6.07) is 0.00368. The molecule has 0 aromatic rings. The number of rotatable bonds is 0. The molecule has 0 aliphatic carbocycles. The van der Waals surface area contributed by atoms with Crippen LogP contribution in [0.2, 0.25) is 0 Å². The van der Waals surface area contributed by atoms with Crippen LogP contribution in [0.25, 0.3) is 0 Å². The second-order valence-electron chi connectivity index (χ2n) is 5.57. The van der Waals surface area contributed by atoms with Crippen molar-refractivity contribution in [1.29, 1.82) is 0 Å². The Hall–Kier alpha value is -1.10. The summed E-state index contributed by atoms with van der Waals surface area (Å²) >= 11 is 0. The van der Waals surface area contributed by atoms with Gasteiger partial charge in [-0.3, -0.25) is 9.59 Å². The number of carbonyl (C=O) groups excluding carboxylic acids is 2. The van der Waals surface area contributed by atoms with Gasteiger partial charge in [0.15, 0.2) is 0 Å². The molecule has 2 N–H and O–H groups in total. The number of amides is 2. The standard InChI is InChI=1S/C13H21N3O2/c17-12-11-6-5-9-3-1-4-10(13(18)16(9)11)14-7-2-8-15-12/h9-11,14H,1-8H2,(H,15,17)/t9-,10-,11-/m0/s1. The van der Waals surface area contributed by atoms with Crippen molar-refractivity contribution < 1.29 is 9.59 Å². The van der Waals surface area contributed by atoms with Gasteiger partial charge in [0.1, 0.15) is 6.04 Å². The largest absolute Gasteiger partial charge is 0.354 e. The molecule has 0 spiro atoms. The van der Waals surface area contributed by atoms with E-state index in [1.54, 1.807) is 0 Å². The molecule has 5 heteroatoms. The summed E-state index contributed by atoms with van der Waals surface area (Å²) in [5.74, 6) is 0.199. The average molecular weight is 251 g/mol. The minimum Gasteiger partial charge on any atom is -0.354 e. The van der Waals surface area contributed by atoms with Crippen molar-refractivity contribution in [3.63, 3.8) is 0 Å². The van der Waals surface area contributed by atoms with E-state index in [9.17, 15) is 9.59 Å². The number of hydrogen-bond acceptors (Lipinski definition) is 3. The van der Waals surface area contributed by atoms with E-state index >= 15 is 0 Å². The maximum atomic E-state index is 12.6. The lowest BCUT2D eigenvalue weighted by atomic mass is 10.1. The van der Waals surface area contributed by atoms with E-state index in [1.807, 2.05) is 4.90 Å². The van der Waals surface area contributed by atoms with Crippen LogP contribution in [0.5, 0.6) is 0 Å². The summed E-state index contributed by atoms with van der Waals surface area (Å²) in [7, 11) is 0. The summed E-state index contributed by atoms with van der Waals surface area (Å²) in [5, 5.41) is 6.30. The van der Waals surface area contributed by atoms with Crippen LogP contribution in [0.15, 0.2) is 0 Å². The topological polar surface area (TPSA) is 61.4 Å². The highest BCUT2D eigenvalue weighted by atomic mass is 16.2. The third-order valence-corrected chi connectivity index (χ3v) is 4.43. The van der Waals surface area contributed by atoms with E-state index in [2.05, 4.69) is 10.6 Å². The maximum Gasteiger partial charge on any atom is 0.242 e. The van der Waals surface area contributed by atoms with Crippen LogP contribution >= 0.6 is 0 Å². The molecule has 0 saturated carbocycles. The zero-order valence-corrected chi connectivity index (χ0v) is 10.7. The van der Waals surface area contributed by atoms with Crippen LogP contribution in [0.3, 0.4) is 0 Å². The van der Waals surface area contributed by atoms with Gasteiger partial charge in [0.05, 0.1) is 6.04 Å². The predicted molar refractivity (Wildman–Crippen MR) is 66.9 cm³/mol. The maximum absolute atomic E-state index is 12.6. The molecule has 3 aliphatic rings. The van der Waals surface area contributed by atoms with Gasteiger partial charge in [-0.25, -0.2) is 0 Å². The molecule has 100 valence electrons. The summed E-state index contributed by atoms with van der Waals surface area (Å²) in [5.41, 5.74) is 0. The van der Waals surface area contributed by atoms with Crippen LogP contribution in [0.4, 0.5) is 0 Å². The molecule has 3 heterocycles. The van der Waals surface area contributed by atoms with Gasteiger partial charge in [-0.1, -0.05) is 0 Å². The molecule has 0 aromatic carbocycles. The zero-order valence-electron chi connectivity index (χ0n) is 10.7. The van der Waals surface area contributed by atoms with Gasteiger partial charge in [0.25, 0.3) is 0 Å². The minimum atomic E-state index is -0.219. The molecule has 3 atom stereocenters. The van der Waals surface area contributed by atoms with Crippen LogP contribution in [0.1, 0.15) is 38.5 Å². The third-order valence-electron chi connectivity index (χ3n) is 4.43. The Balaban J connectivity index is 1.89. The number of hydrogen-bond donors (Lipinski definition) is 2. The Morgan fingerprint density at radius 3 is 2.78 bits per heavy atom. The van der Waals surface area contributed by atoms with Gasteiger partial charge in [-0.2, -0.15) is 0 Å². The predicted octanol–water partition coefficient (Wildman–Crippen LogP) is 0.00800. The molecule has 2 amide bonds. The molecule has 0 unspecified atom stereocenters. The highest BCUT2D eigenvalue weighted by Crippen LogP contribution is 2.32. The molecular formula is C13H21N3O2. The van der Waals surface area contributed by atoms with E-state index in [1.165, 1.54) is 0 Å². The fourth-order valence-electron chi connectivity index (χ4n) is 3.50. The second-order valence-corrected chi connectivity index (χ2v) is 5.57. The van der Waals surface area contributed by atoms with Gasteiger partial charge in [0.2, 0.25) is 11.8 Å². The van der Waals surface area contributed by atoms with Gasteiger partial charge in [-0.05, 0) is 45.1 Å². The molecular weight excluding hydrogens is 230 g/mol. The number of nitrogens with one attached hydrogen (secondary N) is 2. The van der Waals surface area contributed by atoms with Gasteiger partial charge < -0.3 is 15.5 Å². The lowest BCUT2D eigenvalue weighted by molar-refractivity contribution is -0.141. The summed E-state index contributed by atoms with van der Waals surface area (Å²) in [6.07, 6.45) is 5.75. The fraction of sp³-hybridized carbons (Fsp3) is 0.846. The first kappa shape index (κ1) is 12.0.